The Morgan fingerprint density at radius 2 is 1.65 bits per heavy atom. The highest BCUT2D eigenvalue weighted by Crippen LogP contribution is 2.33. The van der Waals surface area contributed by atoms with Gasteiger partial charge in [0.1, 0.15) is 0 Å². The number of carbonyl (C=O) groups excluding carboxylic acids is 1. The Balaban J connectivity index is 2.01. The van der Waals surface area contributed by atoms with Gasteiger partial charge in [0, 0.05) is 19.2 Å². The van der Waals surface area contributed by atoms with E-state index in [1.54, 1.807) is 20.3 Å². The molecule has 1 saturated heterocycles. The van der Waals surface area contributed by atoms with Gasteiger partial charge in [0.05, 0.1) is 27.4 Å². The number of hydrogen-bond acceptors (Lipinski definition) is 4. The van der Waals surface area contributed by atoms with Crippen LogP contribution < -0.4 is 9.47 Å². The van der Waals surface area contributed by atoms with Crippen LogP contribution in [0.3, 0.4) is 0 Å². The van der Waals surface area contributed by atoms with Crippen LogP contribution in [0.5, 0.6) is 11.5 Å². The molecule has 0 unspecified atom stereocenters. The smallest absolute Gasteiger partial charge is 0.247 e. The first kappa shape index (κ1) is 18.0. The van der Waals surface area contributed by atoms with E-state index in [1.807, 2.05) is 53.4 Å². The first-order chi connectivity index (χ1) is 12.7. The molecule has 1 aliphatic rings. The number of methoxy groups -OCH3 is 2. The maximum atomic E-state index is 12.8. The largest absolute Gasteiger partial charge is 0.493 e. The molecule has 0 spiro atoms. The first-order valence-electron chi connectivity index (χ1n) is 8.59. The fourth-order valence-electron chi connectivity index (χ4n) is 2.95. The highest BCUT2D eigenvalue weighted by molar-refractivity contribution is 5.99. The quantitative estimate of drug-likeness (QED) is 0.776. The number of carbonyl (C=O) groups is 1. The van der Waals surface area contributed by atoms with Crippen molar-refractivity contribution in [3.05, 3.63) is 65.7 Å². The van der Waals surface area contributed by atoms with Crippen LogP contribution in [0.4, 0.5) is 0 Å². The van der Waals surface area contributed by atoms with Crippen molar-refractivity contribution < 1.29 is 19.0 Å². The Bertz CT molecular complexity index is 780. The van der Waals surface area contributed by atoms with Crippen LogP contribution in [0.2, 0.25) is 0 Å². The number of benzene rings is 2. The standard InChI is InChI=1S/C21H23NO4/c1-24-19-9-8-17(14-20(19)25-2)18(16-6-4-3-5-7-16)15-21(23)22-10-12-26-13-11-22/h3-9,14-15H,10-13H2,1-2H3/b18-15-. The van der Waals surface area contributed by atoms with E-state index >= 15 is 0 Å². The van der Waals surface area contributed by atoms with Crippen molar-refractivity contribution in [1.82, 2.24) is 4.90 Å². The zero-order valence-corrected chi connectivity index (χ0v) is 15.1. The fourth-order valence-corrected chi connectivity index (χ4v) is 2.95. The lowest BCUT2D eigenvalue weighted by atomic mass is 9.97. The predicted octanol–water partition coefficient (Wildman–Crippen LogP) is 2.99. The summed E-state index contributed by atoms with van der Waals surface area (Å²) >= 11 is 0. The molecular weight excluding hydrogens is 330 g/mol. The number of hydrogen-bond donors (Lipinski definition) is 0. The summed E-state index contributed by atoms with van der Waals surface area (Å²) in [5, 5.41) is 0. The van der Waals surface area contributed by atoms with Crippen molar-refractivity contribution >= 4 is 11.5 Å². The van der Waals surface area contributed by atoms with Crippen LogP contribution in [-0.2, 0) is 9.53 Å². The lowest BCUT2D eigenvalue weighted by Gasteiger charge is -2.26. The van der Waals surface area contributed by atoms with Gasteiger partial charge < -0.3 is 19.1 Å². The van der Waals surface area contributed by atoms with Gasteiger partial charge >= 0.3 is 0 Å². The van der Waals surface area contributed by atoms with Gasteiger partial charge in [0.15, 0.2) is 11.5 Å². The SMILES string of the molecule is COc1ccc(/C(=C\C(=O)N2CCOCC2)c2ccccc2)cc1OC. The van der Waals surface area contributed by atoms with Gasteiger partial charge in [-0.1, -0.05) is 36.4 Å². The van der Waals surface area contributed by atoms with E-state index in [2.05, 4.69) is 0 Å². The molecule has 26 heavy (non-hydrogen) atoms. The Morgan fingerprint density at radius 1 is 0.962 bits per heavy atom. The lowest BCUT2D eigenvalue weighted by Crippen LogP contribution is -2.39. The third-order valence-corrected chi connectivity index (χ3v) is 4.37. The second-order valence-corrected chi connectivity index (χ2v) is 5.93. The monoisotopic (exact) mass is 353 g/mol. The maximum absolute atomic E-state index is 12.8. The molecule has 0 bridgehead atoms. The minimum absolute atomic E-state index is 0.0121. The van der Waals surface area contributed by atoms with E-state index in [0.29, 0.717) is 37.8 Å². The molecule has 0 N–H and O–H groups in total. The highest BCUT2D eigenvalue weighted by Gasteiger charge is 2.17. The lowest BCUT2D eigenvalue weighted by molar-refractivity contribution is -0.129. The summed E-state index contributed by atoms with van der Waals surface area (Å²) in [7, 11) is 3.21. The summed E-state index contributed by atoms with van der Waals surface area (Å²) in [6.45, 7) is 2.39. The fraction of sp³-hybridized carbons (Fsp3) is 0.286. The normalized spacial score (nSPS) is 14.8. The molecule has 0 aromatic heterocycles. The van der Waals surface area contributed by atoms with E-state index in [-0.39, 0.29) is 5.91 Å². The molecule has 5 heteroatoms. The Labute approximate surface area is 153 Å². The maximum Gasteiger partial charge on any atom is 0.247 e. The third-order valence-electron chi connectivity index (χ3n) is 4.37. The molecule has 5 nitrogen and oxygen atoms in total. The van der Waals surface area contributed by atoms with Crippen molar-refractivity contribution in [3.63, 3.8) is 0 Å². The van der Waals surface area contributed by atoms with Crippen LogP contribution in [0.1, 0.15) is 11.1 Å². The van der Waals surface area contributed by atoms with E-state index in [4.69, 9.17) is 14.2 Å². The van der Waals surface area contributed by atoms with Gasteiger partial charge in [-0.05, 0) is 28.8 Å². The molecule has 2 aromatic rings. The van der Waals surface area contributed by atoms with Crippen molar-refractivity contribution in [2.24, 2.45) is 0 Å². The van der Waals surface area contributed by atoms with Crippen LogP contribution in [-0.4, -0.2) is 51.3 Å². The number of amides is 1. The number of ether oxygens (including phenoxy) is 3. The summed E-state index contributed by atoms with van der Waals surface area (Å²) in [4.78, 5) is 14.6. The van der Waals surface area contributed by atoms with E-state index in [9.17, 15) is 4.79 Å². The predicted molar refractivity (Wildman–Crippen MR) is 100 cm³/mol. The Morgan fingerprint density at radius 3 is 2.31 bits per heavy atom. The first-order valence-corrected chi connectivity index (χ1v) is 8.59. The number of nitrogens with zero attached hydrogens (tertiary/aromatic N) is 1. The molecule has 2 aromatic carbocycles. The molecule has 0 radical (unpaired) electrons. The van der Waals surface area contributed by atoms with Crippen LogP contribution in [0, 0.1) is 0 Å². The van der Waals surface area contributed by atoms with Gasteiger partial charge in [-0.3, -0.25) is 4.79 Å². The molecule has 1 aliphatic heterocycles. The second-order valence-electron chi connectivity index (χ2n) is 5.93. The van der Waals surface area contributed by atoms with Crippen LogP contribution in [0.15, 0.2) is 54.6 Å². The third kappa shape index (κ3) is 4.06. The Kier molecular flexibility index (Phi) is 5.92. The summed E-state index contributed by atoms with van der Waals surface area (Å²) < 4.78 is 16.1. The van der Waals surface area contributed by atoms with Crippen LogP contribution in [0.25, 0.3) is 5.57 Å². The van der Waals surface area contributed by atoms with Gasteiger partial charge in [0.25, 0.3) is 0 Å². The van der Waals surface area contributed by atoms with Gasteiger partial charge in [-0.2, -0.15) is 0 Å². The zero-order valence-electron chi connectivity index (χ0n) is 15.1. The highest BCUT2D eigenvalue weighted by atomic mass is 16.5. The molecule has 1 fully saturated rings. The van der Waals surface area contributed by atoms with Crippen molar-refractivity contribution in [1.29, 1.82) is 0 Å². The Hall–Kier alpha value is -2.79. The van der Waals surface area contributed by atoms with E-state index < -0.39 is 0 Å². The summed E-state index contributed by atoms with van der Waals surface area (Å²) in [5.74, 6) is 1.27. The van der Waals surface area contributed by atoms with Gasteiger partial charge in [-0.25, -0.2) is 0 Å². The molecule has 1 amide bonds. The van der Waals surface area contributed by atoms with Gasteiger partial charge in [-0.15, -0.1) is 0 Å². The average molecular weight is 353 g/mol. The summed E-state index contributed by atoms with van der Waals surface area (Å²) in [5.41, 5.74) is 2.72. The topological polar surface area (TPSA) is 48.0 Å². The minimum Gasteiger partial charge on any atom is -0.493 e. The van der Waals surface area contributed by atoms with Crippen molar-refractivity contribution in [3.8, 4) is 11.5 Å². The van der Waals surface area contributed by atoms with E-state index in [0.717, 1.165) is 16.7 Å². The molecule has 0 aliphatic carbocycles. The van der Waals surface area contributed by atoms with Gasteiger partial charge in [0.2, 0.25) is 5.91 Å². The zero-order chi connectivity index (χ0) is 18.4. The molecule has 0 saturated carbocycles. The summed E-state index contributed by atoms with van der Waals surface area (Å²) in [6, 6.07) is 15.6. The summed E-state index contributed by atoms with van der Waals surface area (Å²) in [6.07, 6.45) is 1.70. The number of morpholine rings is 1. The van der Waals surface area contributed by atoms with E-state index in [1.165, 1.54) is 0 Å². The minimum atomic E-state index is -0.0121. The van der Waals surface area contributed by atoms with Crippen LogP contribution >= 0.6 is 0 Å². The average Bonchev–Trinajstić information content (AvgIpc) is 2.72. The number of rotatable bonds is 5. The van der Waals surface area contributed by atoms with Crippen molar-refractivity contribution in [2.75, 3.05) is 40.5 Å². The molecule has 3 rings (SSSR count). The molecule has 0 atom stereocenters. The second kappa shape index (κ2) is 8.54. The molecule has 1 heterocycles. The molecular formula is C21H23NO4. The molecule has 136 valence electrons. The van der Waals surface area contributed by atoms with Crippen molar-refractivity contribution in [2.45, 2.75) is 0 Å².